The minimum Gasteiger partial charge on any atom is -0.396 e. The average Bonchev–Trinajstić information content (AvgIpc) is 3.59. The molecule has 0 aliphatic heterocycles. The van der Waals surface area contributed by atoms with Crippen LogP contribution in [0.3, 0.4) is 0 Å². The lowest BCUT2D eigenvalue weighted by Crippen LogP contribution is -2.53. The lowest BCUT2D eigenvalue weighted by Gasteiger charge is -2.46. The van der Waals surface area contributed by atoms with Crippen molar-refractivity contribution in [2.24, 2.45) is 28.2 Å². The zero-order valence-electron chi connectivity index (χ0n) is 28.7. The number of aromatic amines is 1. The first-order chi connectivity index (χ1) is 23.7. The molecule has 8 unspecified atom stereocenters. The standard InChI is InChI=1S/C41H52N4O4/c1-39(48)18-19-40-27-35-34(39)25-37(47)41(35,49)26-32(45-38(42-20-8-22-46)43-21-17-28-9-3-2-4-10-28)16-15-30(40)12-7-13-31(40)24-33-23-29-11-5-6-14-36(29)44-33/h2-6,9-11,13-14,23,30,32,34-35,37,44,46-49H,7-8,12,17-22,24-27H2,1H3,(H2,42,43,45). The molecular weight excluding hydrogens is 612 g/mol. The fraction of sp³-hybridized carbons (Fsp3) is 0.537. The molecule has 0 saturated heterocycles. The van der Waals surface area contributed by atoms with Crippen LogP contribution >= 0.6 is 0 Å². The van der Waals surface area contributed by atoms with Crippen molar-refractivity contribution in [3.8, 4) is 11.8 Å². The summed E-state index contributed by atoms with van der Waals surface area (Å²) in [5.41, 5.74) is 2.06. The second kappa shape index (κ2) is 14.0. The summed E-state index contributed by atoms with van der Waals surface area (Å²) in [6.45, 7) is 3.07. The Morgan fingerprint density at radius 3 is 2.65 bits per heavy atom. The van der Waals surface area contributed by atoms with Gasteiger partial charge in [-0.25, -0.2) is 0 Å². The Morgan fingerprint density at radius 2 is 1.84 bits per heavy atom. The summed E-state index contributed by atoms with van der Waals surface area (Å²) in [6.07, 6.45) is 8.07. The van der Waals surface area contributed by atoms with Gasteiger partial charge in [0.2, 0.25) is 0 Å². The summed E-state index contributed by atoms with van der Waals surface area (Å²) in [6, 6.07) is 20.4. The summed E-state index contributed by atoms with van der Waals surface area (Å²) in [7, 11) is 0. The van der Waals surface area contributed by atoms with Crippen molar-refractivity contribution in [2.45, 2.75) is 94.5 Å². The number of hydrogen-bond acceptors (Lipinski definition) is 5. The van der Waals surface area contributed by atoms with Crippen LogP contribution in [0.2, 0.25) is 0 Å². The molecule has 2 bridgehead atoms. The maximum atomic E-state index is 12.7. The Morgan fingerprint density at radius 1 is 1.02 bits per heavy atom. The molecule has 4 aliphatic rings. The second-order valence-electron chi connectivity index (χ2n) is 15.3. The third kappa shape index (κ3) is 6.79. The van der Waals surface area contributed by atoms with Crippen LogP contribution in [0.1, 0.15) is 69.5 Å². The molecule has 260 valence electrons. The summed E-state index contributed by atoms with van der Waals surface area (Å²) in [5.74, 6) is 7.41. The van der Waals surface area contributed by atoms with Gasteiger partial charge in [-0.3, -0.25) is 4.99 Å². The number of aliphatic hydroxyl groups excluding tert-OH is 2. The van der Waals surface area contributed by atoms with Crippen LogP contribution < -0.4 is 10.6 Å². The SMILES string of the molecule is CC1(O)CCC23CC4C1CC(O)C4(O)CC(NC(=NCCCO)NCCc1ccccc1)C#CC2CCC=C3Cc1cc2ccccc2[nH]1. The Hall–Kier alpha value is -3.61. The van der Waals surface area contributed by atoms with Gasteiger partial charge >= 0.3 is 0 Å². The molecule has 3 aromatic rings. The van der Waals surface area contributed by atoms with Crippen molar-refractivity contribution < 1.29 is 20.4 Å². The highest BCUT2D eigenvalue weighted by Gasteiger charge is 2.63. The number of guanidine groups is 1. The predicted molar refractivity (Wildman–Crippen MR) is 194 cm³/mol. The molecule has 8 heteroatoms. The van der Waals surface area contributed by atoms with Crippen LogP contribution in [0.25, 0.3) is 10.9 Å². The van der Waals surface area contributed by atoms with E-state index in [2.05, 4.69) is 76.0 Å². The molecule has 2 aromatic carbocycles. The minimum atomic E-state index is -1.43. The maximum Gasteiger partial charge on any atom is 0.192 e. The van der Waals surface area contributed by atoms with Crippen molar-refractivity contribution in [3.63, 3.8) is 0 Å². The van der Waals surface area contributed by atoms with E-state index in [4.69, 9.17) is 4.99 Å². The highest BCUT2D eigenvalue weighted by atomic mass is 16.3. The van der Waals surface area contributed by atoms with Crippen LogP contribution in [-0.2, 0) is 12.8 Å². The Labute approximate surface area is 290 Å². The molecule has 2 fully saturated rings. The van der Waals surface area contributed by atoms with Crippen molar-refractivity contribution in [1.29, 1.82) is 0 Å². The molecule has 8 nitrogen and oxygen atoms in total. The second-order valence-corrected chi connectivity index (χ2v) is 15.3. The van der Waals surface area contributed by atoms with Crippen molar-refractivity contribution in [1.82, 2.24) is 15.6 Å². The number of rotatable bonds is 9. The number of aromatic nitrogens is 1. The Balaban J connectivity index is 1.23. The third-order valence-corrected chi connectivity index (χ3v) is 12.2. The van der Waals surface area contributed by atoms with E-state index in [9.17, 15) is 20.4 Å². The zero-order chi connectivity index (χ0) is 34.1. The lowest BCUT2D eigenvalue weighted by molar-refractivity contribution is -0.106. The molecule has 1 heterocycles. The van der Waals surface area contributed by atoms with Gasteiger partial charge in [-0.1, -0.05) is 72.0 Å². The van der Waals surface area contributed by atoms with E-state index in [-0.39, 0.29) is 36.2 Å². The number of aliphatic imine (C=N–C) groups is 1. The molecule has 4 aliphatic carbocycles. The number of aliphatic hydroxyl groups is 4. The van der Waals surface area contributed by atoms with Crippen molar-refractivity contribution in [3.05, 3.63) is 83.6 Å². The van der Waals surface area contributed by atoms with Gasteiger partial charge in [0, 0.05) is 55.1 Å². The van der Waals surface area contributed by atoms with E-state index >= 15 is 0 Å². The third-order valence-electron chi connectivity index (χ3n) is 12.2. The fourth-order valence-corrected chi connectivity index (χ4v) is 9.50. The molecular formula is C41H52N4O4. The van der Waals surface area contributed by atoms with Gasteiger partial charge in [0.25, 0.3) is 0 Å². The summed E-state index contributed by atoms with van der Waals surface area (Å²) in [5, 5.41) is 54.0. The van der Waals surface area contributed by atoms with E-state index in [1.165, 1.54) is 16.5 Å². The van der Waals surface area contributed by atoms with Gasteiger partial charge in [0.15, 0.2) is 5.96 Å². The molecule has 0 amide bonds. The van der Waals surface area contributed by atoms with Gasteiger partial charge in [-0.05, 0) is 93.2 Å². The summed E-state index contributed by atoms with van der Waals surface area (Å²) < 4.78 is 0. The number of benzene rings is 2. The molecule has 1 aromatic heterocycles. The van der Waals surface area contributed by atoms with E-state index in [0.717, 1.165) is 43.3 Å². The van der Waals surface area contributed by atoms with Gasteiger partial charge in [0.1, 0.15) is 0 Å². The molecule has 8 atom stereocenters. The van der Waals surface area contributed by atoms with E-state index in [1.807, 2.05) is 25.1 Å². The van der Waals surface area contributed by atoms with Crippen LogP contribution in [0.4, 0.5) is 0 Å². The first-order valence-electron chi connectivity index (χ1n) is 18.3. The fourth-order valence-electron chi connectivity index (χ4n) is 9.50. The number of fused-ring (bicyclic) bond motifs is 1. The van der Waals surface area contributed by atoms with Gasteiger partial charge in [-0.2, -0.15) is 0 Å². The smallest absolute Gasteiger partial charge is 0.192 e. The lowest BCUT2D eigenvalue weighted by atomic mass is 9.58. The number of para-hydroxylation sites is 1. The molecule has 49 heavy (non-hydrogen) atoms. The largest absolute Gasteiger partial charge is 0.396 e. The quantitative estimate of drug-likeness (QED) is 0.0587. The van der Waals surface area contributed by atoms with Crippen molar-refractivity contribution >= 4 is 16.9 Å². The first kappa shape index (κ1) is 33.9. The van der Waals surface area contributed by atoms with E-state index in [1.54, 1.807) is 0 Å². The number of allylic oxidation sites excluding steroid dienone is 2. The molecule has 7 N–H and O–H groups in total. The van der Waals surface area contributed by atoms with Crippen LogP contribution in [0.15, 0.2) is 77.3 Å². The highest BCUT2D eigenvalue weighted by molar-refractivity contribution is 5.81. The summed E-state index contributed by atoms with van der Waals surface area (Å²) >= 11 is 0. The van der Waals surface area contributed by atoms with Crippen molar-refractivity contribution in [2.75, 3.05) is 19.7 Å². The van der Waals surface area contributed by atoms with Crippen LogP contribution in [0.5, 0.6) is 0 Å². The topological polar surface area (TPSA) is 133 Å². The summed E-state index contributed by atoms with van der Waals surface area (Å²) in [4.78, 5) is 8.39. The molecule has 0 radical (unpaired) electrons. The number of nitrogens with one attached hydrogen (secondary N) is 3. The van der Waals surface area contributed by atoms with E-state index in [0.29, 0.717) is 44.7 Å². The minimum absolute atomic E-state index is 0.0524. The average molecular weight is 665 g/mol. The van der Waals surface area contributed by atoms with Gasteiger partial charge < -0.3 is 36.0 Å². The van der Waals surface area contributed by atoms with Crippen LogP contribution in [0, 0.1) is 35.0 Å². The number of nitrogens with zero attached hydrogens (tertiary/aromatic N) is 1. The molecule has 1 spiro atoms. The Bertz CT molecular complexity index is 1700. The highest BCUT2D eigenvalue weighted by Crippen LogP contribution is 2.62. The zero-order valence-corrected chi connectivity index (χ0v) is 28.7. The predicted octanol–water partition coefficient (Wildman–Crippen LogP) is 4.63. The van der Waals surface area contributed by atoms with Crippen LogP contribution in [-0.4, -0.2) is 74.4 Å². The molecule has 2 saturated carbocycles. The van der Waals surface area contributed by atoms with E-state index < -0.39 is 23.3 Å². The molecule has 7 rings (SSSR count). The maximum absolute atomic E-state index is 12.7. The normalized spacial score (nSPS) is 34.0. The van der Waals surface area contributed by atoms with Gasteiger partial charge in [-0.15, -0.1) is 0 Å². The Kier molecular flexibility index (Phi) is 9.64. The first-order valence-corrected chi connectivity index (χ1v) is 18.3. The van der Waals surface area contributed by atoms with Gasteiger partial charge in [0.05, 0.1) is 23.3 Å². The monoisotopic (exact) mass is 664 g/mol. The number of H-pyrrole nitrogens is 1. The number of hydrogen-bond donors (Lipinski definition) is 7.